The Balaban J connectivity index is 5.88. The molecule has 0 N–H and O–H groups in total. The van der Waals surface area contributed by atoms with Crippen LogP contribution in [-0.4, -0.2) is 50.0 Å². The lowest BCUT2D eigenvalue weighted by Gasteiger charge is -2.29. The second-order valence-electron chi connectivity index (χ2n) is 4.14. The van der Waals surface area contributed by atoms with Crippen LogP contribution in [0.25, 0.3) is 0 Å². The van der Waals surface area contributed by atoms with Crippen LogP contribution in [0.4, 0.5) is 0 Å². The zero-order valence-electron chi connectivity index (χ0n) is 19.4. The molecule has 106 valence electrons. The number of carboxylic acid groups (broad SMARTS) is 1. The van der Waals surface area contributed by atoms with E-state index < -0.39 is 56.4 Å². The summed E-state index contributed by atoms with van der Waals surface area (Å²) < 4.78 is 70.2. The molecule has 0 rings (SSSR count). The minimum Gasteiger partial charge on any atom is -0.550 e. The Morgan fingerprint density at radius 1 is 1.33 bits per heavy atom. The van der Waals surface area contributed by atoms with E-state index in [0.717, 1.165) is 6.42 Å². The van der Waals surface area contributed by atoms with Crippen molar-refractivity contribution >= 4 is 11.9 Å². The molecule has 18 heavy (non-hydrogen) atoms. The van der Waals surface area contributed by atoms with Crippen molar-refractivity contribution in [2.24, 2.45) is 0 Å². The normalized spacial score (nSPS) is 22.6. The number of carboxylic acids is 1. The van der Waals surface area contributed by atoms with Crippen molar-refractivity contribution in [2.75, 3.05) is 27.5 Å². The van der Waals surface area contributed by atoms with Gasteiger partial charge in [-0.2, -0.15) is 0 Å². The van der Waals surface area contributed by atoms with Crippen molar-refractivity contribution in [1.82, 2.24) is 0 Å². The Morgan fingerprint density at radius 2 is 2.00 bits per heavy atom. The number of nitrogens with zero attached hydrogens (tertiary/aromatic N) is 1. The number of carbonyl (C=O) groups is 2. The summed E-state index contributed by atoms with van der Waals surface area (Å²) in [6, 6.07) is 0. The van der Waals surface area contributed by atoms with Crippen molar-refractivity contribution in [1.29, 1.82) is 0 Å². The summed E-state index contributed by atoms with van der Waals surface area (Å²) in [6.45, 7) is -10.0. The molecule has 0 unspecified atom stereocenters. The smallest absolute Gasteiger partial charge is 0.306 e. The Kier molecular flexibility index (Phi) is 3.09. The van der Waals surface area contributed by atoms with Gasteiger partial charge in [0, 0.05) is 18.8 Å². The van der Waals surface area contributed by atoms with Crippen LogP contribution in [0.5, 0.6) is 0 Å². The molecule has 0 aliphatic carbocycles. The maximum Gasteiger partial charge on any atom is 0.306 e. The molecule has 0 radical (unpaired) electrons. The summed E-state index contributed by atoms with van der Waals surface area (Å²) in [5.74, 6) is -2.60. The van der Waals surface area contributed by atoms with Gasteiger partial charge in [-0.3, -0.25) is 4.79 Å². The van der Waals surface area contributed by atoms with Crippen LogP contribution in [0.3, 0.4) is 0 Å². The van der Waals surface area contributed by atoms with Crippen LogP contribution >= 0.6 is 0 Å². The number of esters is 1. The summed E-state index contributed by atoms with van der Waals surface area (Å²) in [7, 11) is 0. The molecule has 0 fully saturated rings. The molecule has 0 heterocycles. The van der Waals surface area contributed by atoms with Gasteiger partial charge in [0.15, 0.2) is 6.10 Å². The number of ether oxygens (including phenoxy) is 1. The van der Waals surface area contributed by atoms with Gasteiger partial charge in [0.2, 0.25) is 0 Å². The second-order valence-corrected chi connectivity index (χ2v) is 4.14. The van der Waals surface area contributed by atoms with Crippen LogP contribution in [0.2, 0.25) is 0 Å². The zero-order valence-corrected chi connectivity index (χ0v) is 10.4. The average Bonchev–Trinajstić information content (AvgIpc) is 2.39. The minimum atomic E-state index is -3.56. The zero-order chi connectivity index (χ0) is 21.7. The molecule has 0 aromatic carbocycles. The molecule has 0 bridgehead atoms. The third kappa shape index (κ3) is 10.1. The molecular formula is C13H25NO4. The topological polar surface area (TPSA) is 66.4 Å². The van der Waals surface area contributed by atoms with E-state index in [1.54, 1.807) is 0 Å². The van der Waals surface area contributed by atoms with Crippen LogP contribution in [-0.2, 0) is 14.3 Å². The van der Waals surface area contributed by atoms with Gasteiger partial charge in [-0.05, 0) is 6.42 Å². The first kappa shape index (κ1) is 6.89. The van der Waals surface area contributed by atoms with Gasteiger partial charge >= 0.3 is 5.97 Å². The monoisotopic (exact) mass is 268 g/mol. The predicted molar refractivity (Wildman–Crippen MR) is 66.5 cm³/mol. The van der Waals surface area contributed by atoms with Gasteiger partial charge in [0.05, 0.1) is 33.3 Å². The lowest BCUT2D eigenvalue weighted by Crippen LogP contribution is -2.45. The van der Waals surface area contributed by atoms with E-state index in [9.17, 15) is 14.7 Å². The van der Waals surface area contributed by atoms with Crippen molar-refractivity contribution in [3.8, 4) is 0 Å². The Morgan fingerprint density at radius 3 is 2.50 bits per heavy atom. The fraction of sp³-hybridized carbons (Fsp3) is 0.846. The first-order valence-corrected chi connectivity index (χ1v) is 5.77. The van der Waals surface area contributed by atoms with E-state index in [4.69, 9.17) is 17.1 Å². The number of quaternary nitrogens is 1. The summed E-state index contributed by atoms with van der Waals surface area (Å²) >= 11 is 0. The van der Waals surface area contributed by atoms with Crippen molar-refractivity contribution in [3.63, 3.8) is 0 Å². The number of carbonyl (C=O) groups excluding carboxylic acids is 2. The lowest BCUT2D eigenvalue weighted by atomic mass is 10.2. The van der Waals surface area contributed by atoms with Gasteiger partial charge in [-0.15, -0.1) is 0 Å². The van der Waals surface area contributed by atoms with Crippen LogP contribution in [0.1, 0.15) is 51.4 Å². The van der Waals surface area contributed by atoms with Gasteiger partial charge in [-0.25, -0.2) is 0 Å². The third-order valence-corrected chi connectivity index (χ3v) is 2.15. The van der Waals surface area contributed by atoms with Crippen LogP contribution < -0.4 is 5.11 Å². The molecule has 5 nitrogen and oxygen atoms in total. The van der Waals surface area contributed by atoms with Crippen molar-refractivity contribution < 1.29 is 36.3 Å². The molecule has 0 amide bonds. The molecule has 0 saturated carbocycles. The van der Waals surface area contributed by atoms with Gasteiger partial charge in [-0.1, -0.05) is 19.8 Å². The highest BCUT2D eigenvalue weighted by atomic mass is 16.5. The highest BCUT2D eigenvalue weighted by molar-refractivity contribution is 5.70. The van der Waals surface area contributed by atoms with Crippen molar-refractivity contribution in [3.05, 3.63) is 0 Å². The number of likely N-dealkylation sites (N-methyl/N-ethyl adjacent to an activating group) is 1. The molecule has 1 atom stereocenters. The van der Waals surface area contributed by atoms with Crippen LogP contribution in [0, 0.1) is 0 Å². The third-order valence-electron chi connectivity index (χ3n) is 2.15. The highest BCUT2D eigenvalue weighted by Gasteiger charge is 2.22. The predicted octanol–water partition coefficient (Wildman–Crippen LogP) is 0.325. The fourth-order valence-electron chi connectivity index (χ4n) is 1.40. The maximum absolute atomic E-state index is 11.9. The molecule has 0 aliphatic rings. The van der Waals surface area contributed by atoms with E-state index in [2.05, 4.69) is 0 Å². The lowest BCUT2D eigenvalue weighted by molar-refractivity contribution is -0.873. The molecule has 0 saturated heterocycles. The minimum absolute atomic E-state index is 0.0906. The molecule has 5 heteroatoms. The Labute approximate surface area is 122 Å². The van der Waals surface area contributed by atoms with E-state index >= 15 is 0 Å². The van der Waals surface area contributed by atoms with Gasteiger partial charge in [0.25, 0.3) is 0 Å². The number of rotatable bonds is 9. The highest BCUT2D eigenvalue weighted by Crippen LogP contribution is 2.08. The second kappa shape index (κ2) is 8.08. The molecule has 0 aliphatic heterocycles. The molecular weight excluding hydrogens is 234 g/mol. The number of hydrogen-bond donors (Lipinski definition) is 0. The molecule has 0 aromatic heterocycles. The number of hydrogen-bond acceptors (Lipinski definition) is 4. The molecule has 0 spiro atoms. The largest absolute Gasteiger partial charge is 0.550 e. The standard InChI is InChI=1S/C13H25NO4/c1-5-6-7-8-13(17)18-11(9-12(15)16)10-14(2,3)4/h11H,5-10H2,1-4H3/t11-/m1/s1/i2D3,3D3,4D3. The van der Waals surface area contributed by atoms with E-state index in [0.29, 0.717) is 12.8 Å². The van der Waals surface area contributed by atoms with E-state index in [1.807, 2.05) is 6.92 Å². The van der Waals surface area contributed by atoms with Crippen molar-refractivity contribution in [2.45, 2.75) is 45.1 Å². The first-order chi connectivity index (χ1) is 12.0. The maximum atomic E-state index is 11.9. The first-order valence-electron chi connectivity index (χ1n) is 10.3. The average molecular weight is 268 g/mol. The Hall–Kier alpha value is -1.10. The Bertz CT molecular complexity index is 477. The summed E-state index contributed by atoms with van der Waals surface area (Å²) in [6.07, 6.45) is -0.975. The molecule has 0 aromatic rings. The van der Waals surface area contributed by atoms with Gasteiger partial charge in [0.1, 0.15) is 6.54 Å². The number of unbranched alkanes of at least 4 members (excludes halogenated alkanes) is 2. The van der Waals surface area contributed by atoms with E-state index in [-0.39, 0.29) is 6.42 Å². The summed E-state index contributed by atoms with van der Waals surface area (Å²) in [5.41, 5.74) is 0. The summed E-state index contributed by atoms with van der Waals surface area (Å²) in [5, 5.41) is 11.0. The quantitative estimate of drug-likeness (QED) is 0.343. The summed E-state index contributed by atoms with van der Waals surface area (Å²) in [4.78, 5) is 22.8. The van der Waals surface area contributed by atoms with E-state index in [1.165, 1.54) is 0 Å². The number of aliphatic carboxylic acids is 1. The SMILES string of the molecule is [2H]C([2H])([2H])[N+](C[C@@H](CC(=O)[O-])OC(=O)CCCCC)(C([2H])([2H])[2H])C([2H])([2H])[2H]. The van der Waals surface area contributed by atoms with Gasteiger partial charge < -0.3 is 19.1 Å². The van der Waals surface area contributed by atoms with Crippen LogP contribution in [0.15, 0.2) is 0 Å². The fourth-order valence-corrected chi connectivity index (χ4v) is 1.40.